The van der Waals surface area contributed by atoms with Gasteiger partial charge >= 0.3 is 0 Å². The van der Waals surface area contributed by atoms with Gasteiger partial charge in [-0.1, -0.05) is 44.2 Å². The lowest BCUT2D eigenvalue weighted by atomic mass is 9.60. The fourth-order valence-corrected chi connectivity index (χ4v) is 6.31. The van der Waals surface area contributed by atoms with E-state index in [9.17, 15) is 9.59 Å². The Hall–Kier alpha value is -1.88. The Morgan fingerprint density at radius 2 is 1.73 bits per heavy atom. The number of fused-ring (bicyclic) bond motifs is 1. The summed E-state index contributed by atoms with van der Waals surface area (Å²) in [5.41, 5.74) is 0.853. The van der Waals surface area contributed by atoms with Crippen LogP contribution < -0.4 is 0 Å². The molecule has 0 radical (unpaired) electrons. The van der Waals surface area contributed by atoms with Crippen molar-refractivity contribution >= 4 is 11.8 Å². The molecule has 1 atom stereocenters. The predicted octanol–water partition coefficient (Wildman–Crippen LogP) is 3.05. The van der Waals surface area contributed by atoms with Crippen LogP contribution in [-0.2, 0) is 16.0 Å². The Morgan fingerprint density at radius 1 is 1.03 bits per heavy atom. The smallest absolute Gasteiger partial charge is 0.230 e. The third-order valence-corrected chi connectivity index (χ3v) is 7.82. The van der Waals surface area contributed by atoms with Crippen LogP contribution in [0.4, 0.5) is 0 Å². The van der Waals surface area contributed by atoms with Crippen LogP contribution in [0.15, 0.2) is 30.3 Å². The topological polar surface area (TPSA) is 43.9 Å². The molecule has 3 aliphatic heterocycles. The highest BCUT2D eigenvalue weighted by Gasteiger charge is 2.64. The minimum Gasteiger partial charge on any atom is -0.342 e. The van der Waals surface area contributed by atoms with Gasteiger partial charge in [-0.3, -0.25) is 9.59 Å². The molecule has 3 aliphatic rings. The van der Waals surface area contributed by atoms with E-state index in [0.29, 0.717) is 18.2 Å². The summed E-state index contributed by atoms with van der Waals surface area (Å²) in [6.07, 6.45) is 3.35. The van der Waals surface area contributed by atoms with E-state index in [1.165, 1.54) is 0 Å². The molecule has 164 valence electrons. The lowest BCUT2D eigenvalue weighted by molar-refractivity contribution is -0.143. The molecule has 1 unspecified atom stereocenters. The molecule has 1 aromatic rings. The number of likely N-dealkylation sites (tertiary alicyclic amines) is 3. The van der Waals surface area contributed by atoms with Gasteiger partial charge in [0.1, 0.15) is 0 Å². The summed E-state index contributed by atoms with van der Waals surface area (Å²) in [7, 11) is 0. The molecule has 4 rings (SSSR count). The van der Waals surface area contributed by atoms with E-state index in [0.717, 1.165) is 70.6 Å². The standard InChI is InChI=1S/C25H37N3O2/c1-4-27-15-12-25(23(27)30)19-26(17-20(2)3)18-24(25)10-13-28(14-11-24)22(29)16-21-8-6-5-7-9-21/h5-9,20H,4,10-19H2,1-3H3. The largest absolute Gasteiger partial charge is 0.342 e. The molecular weight excluding hydrogens is 374 g/mol. The number of piperidine rings is 1. The first kappa shape index (κ1) is 21.4. The Morgan fingerprint density at radius 3 is 2.33 bits per heavy atom. The van der Waals surface area contributed by atoms with Gasteiger partial charge in [-0.25, -0.2) is 0 Å². The molecule has 1 aromatic carbocycles. The molecular formula is C25H37N3O2. The zero-order valence-electron chi connectivity index (χ0n) is 18.9. The number of nitrogens with zero attached hydrogens (tertiary/aromatic N) is 3. The van der Waals surface area contributed by atoms with Crippen LogP contribution in [0.25, 0.3) is 0 Å². The monoisotopic (exact) mass is 411 g/mol. The van der Waals surface area contributed by atoms with E-state index in [1.54, 1.807) is 0 Å². The summed E-state index contributed by atoms with van der Waals surface area (Å²) in [5, 5.41) is 0. The van der Waals surface area contributed by atoms with Gasteiger partial charge in [0.05, 0.1) is 11.8 Å². The summed E-state index contributed by atoms with van der Waals surface area (Å²) in [5.74, 6) is 1.19. The summed E-state index contributed by atoms with van der Waals surface area (Å²) in [6, 6.07) is 10.0. The Balaban J connectivity index is 1.49. The fraction of sp³-hybridized carbons (Fsp3) is 0.680. The van der Waals surface area contributed by atoms with E-state index in [2.05, 4.69) is 30.6 Å². The number of carbonyl (C=O) groups is 2. The van der Waals surface area contributed by atoms with Gasteiger partial charge < -0.3 is 14.7 Å². The Kier molecular flexibility index (Phi) is 5.93. The fourth-order valence-electron chi connectivity index (χ4n) is 6.31. The third-order valence-electron chi connectivity index (χ3n) is 7.82. The number of amides is 2. The van der Waals surface area contributed by atoms with Gasteiger partial charge in [-0.2, -0.15) is 0 Å². The molecule has 5 heteroatoms. The van der Waals surface area contributed by atoms with Gasteiger partial charge in [-0.05, 0) is 37.7 Å². The predicted molar refractivity (Wildman–Crippen MR) is 119 cm³/mol. The molecule has 3 heterocycles. The molecule has 0 N–H and O–H groups in total. The minimum absolute atomic E-state index is 0.0203. The van der Waals surface area contributed by atoms with Crippen molar-refractivity contribution in [2.75, 3.05) is 45.8 Å². The zero-order chi connectivity index (χ0) is 21.4. The first-order valence-electron chi connectivity index (χ1n) is 11.7. The van der Waals surface area contributed by atoms with Crippen molar-refractivity contribution in [1.29, 1.82) is 0 Å². The highest BCUT2D eigenvalue weighted by molar-refractivity contribution is 5.87. The second kappa shape index (κ2) is 8.33. The maximum Gasteiger partial charge on any atom is 0.230 e. The summed E-state index contributed by atoms with van der Waals surface area (Å²) in [4.78, 5) is 33.1. The molecule has 30 heavy (non-hydrogen) atoms. The van der Waals surface area contributed by atoms with Crippen molar-refractivity contribution in [3.63, 3.8) is 0 Å². The number of hydrogen-bond donors (Lipinski definition) is 0. The highest BCUT2D eigenvalue weighted by atomic mass is 16.2. The molecule has 0 aromatic heterocycles. The van der Waals surface area contributed by atoms with E-state index in [-0.39, 0.29) is 16.7 Å². The Labute approximate surface area is 181 Å². The van der Waals surface area contributed by atoms with Crippen molar-refractivity contribution in [2.24, 2.45) is 16.7 Å². The maximum atomic E-state index is 13.5. The SMILES string of the molecule is CCN1CCC2(CN(CC(C)C)CC23CCN(C(=O)Cc2ccccc2)CC3)C1=O. The normalized spacial score (nSPS) is 26.5. The van der Waals surface area contributed by atoms with Gasteiger partial charge in [0.25, 0.3) is 0 Å². The molecule has 0 saturated carbocycles. The maximum absolute atomic E-state index is 13.5. The van der Waals surface area contributed by atoms with Gasteiger partial charge in [-0.15, -0.1) is 0 Å². The molecule has 0 bridgehead atoms. The first-order chi connectivity index (χ1) is 14.4. The van der Waals surface area contributed by atoms with Crippen LogP contribution in [0.2, 0.25) is 0 Å². The number of rotatable bonds is 5. The van der Waals surface area contributed by atoms with Crippen LogP contribution in [0, 0.1) is 16.7 Å². The minimum atomic E-state index is -0.244. The molecule has 2 spiro atoms. The summed E-state index contributed by atoms with van der Waals surface area (Å²) in [6.45, 7) is 12.8. The Bertz CT molecular complexity index is 770. The van der Waals surface area contributed by atoms with Crippen molar-refractivity contribution < 1.29 is 9.59 Å². The van der Waals surface area contributed by atoms with E-state index < -0.39 is 0 Å². The summed E-state index contributed by atoms with van der Waals surface area (Å²) < 4.78 is 0. The van der Waals surface area contributed by atoms with Crippen molar-refractivity contribution in [3.8, 4) is 0 Å². The summed E-state index contributed by atoms with van der Waals surface area (Å²) >= 11 is 0. The molecule has 0 aliphatic carbocycles. The quantitative estimate of drug-likeness (QED) is 0.748. The van der Waals surface area contributed by atoms with Crippen LogP contribution in [0.1, 0.15) is 45.6 Å². The van der Waals surface area contributed by atoms with Crippen LogP contribution in [0.3, 0.4) is 0 Å². The van der Waals surface area contributed by atoms with Gasteiger partial charge in [0.15, 0.2) is 0 Å². The zero-order valence-corrected chi connectivity index (χ0v) is 18.9. The van der Waals surface area contributed by atoms with E-state index in [4.69, 9.17) is 0 Å². The van der Waals surface area contributed by atoms with Gasteiger partial charge in [0, 0.05) is 51.2 Å². The highest BCUT2D eigenvalue weighted by Crippen LogP contribution is 2.57. The molecule has 3 saturated heterocycles. The molecule has 3 fully saturated rings. The second-order valence-electron chi connectivity index (χ2n) is 10.1. The third kappa shape index (κ3) is 3.66. The van der Waals surface area contributed by atoms with Crippen molar-refractivity contribution in [3.05, 3.63) is 35.9 Å². The number of hydrogen-bond acceptors (Lipinski definition) is 3. The average Bonchev–Trinajstić information content (AvgIpc) is 3.20. The average molecular weight is 412 g/mol. The first-order valence-corrected chi connectivity index (χ1v) is 11.7. The van der Waals surface area contributed by atoms with E-state index >= 15 is 0 Å². The number of benzene rings is 1. The van der Waals surface area contributed by atoms with Crippen LogP contribution in [0.5, 0.6) is 0 Å². The van der Waals surface area contributed by atoms with Crippen molar-refractivity contribution in [1.82, 2.24) is 14.7 Å². The lowest BCUT2D eigenvalue weighted by Gasteiger charge is -2.47. The van der Waals surface area contributed by atoms with E-state index in [1.807, 2.05) is 35.2 Å². The molecule has 5 nitrogen and oxygen atoms in total. The molecule has 2 amide bonds. The number of carbonyl (C=O) groups excluding carboxylic acids is 2. The lowest BCUT2D eigenvalue weighted by Crippen LogP contribution is -2.53. The van der Waals surface area contributed by atoms with Gasteiger partial charge in [0.2, 0.25) is 11.8 Å². The van der Waals surface area contributed by atoms with Crippen molar-refractivity contribution in [2.45, 2.75) is 46.5 Å². The van der Waals surface area contributed by atoms with Crippen LogP contribution >= 0.6 is 0 Å². The second-order valence-corrected chi connectivity index (χ2v) is 10.1. The van der Waals surface area contributed by atoms with Crippen LogP contribution in [-0.4, -0.2) is 72.3 Å².